The van der Waals surface area contributed by atoms with Crippen molar-refractivity contribution in [1.29, 1.82) is 0 Å². The van der Waals surface area contributed by atoms with Crippen molar-refractivity contribution in [3.8, 4) is 5.75 Å². The molecule has 5 rings (SSSR count). The summed E-state index contributed by atoms with van der Waals surface area (Å²) in [5.74, 6) is -1.06. The first-order valence-electron chi connectivity index (χ1n) is 10.9. The maximum Gasteiger partial charge on any atom is 0.301 e. The van der Waals surface area contributed by atoms with Crippen LogP contribution in [0.5, 0.6) is 5.75 Å². The molecule has 1 fully saturated rings. The van der Waals surface area contributed by atoms with Crippen molar-refractivity contribution in [2.75, 3.05) is 12.0 Å². The summed E-state index contributed by atoms with van der Waals surface area (Å²) in [6, 6.07) is 17.4. The highest BCUT2D eigenvalue weighted by molar-refractivity contribution is 9.10. The molecule has 0 radical (unpaired) electrons. The van der Waals surface area contributed by atoms with Crippen LogP contribution < -0.4 is 9.64 Å². The lowest BCUT2D eigenvalue weighted by molar-refractivity contribution is -0.132. The number of hydrogen-bond donors (Lipinski definition) is 1. The van der Waals surface area contributed by atoms with Crippen molar-refractivity contribution in [2.45, 2.75) is 19.9 Å². The van der Waals surface area contributed by atoms with Gasteiger partial charge in [-0.15, -0.1) is 0 Å². The average molecular weight is 549 g/mol. The Balaban J connectivity index is 1.73. The van der Waals surface area contributed by atoms with Crippen molar-refractivity contribution in [3.05, 3.63) is 93.0 Å². The Morgan fingerprint density at radius 1 is 1.06 bits per heavy atom. The van der Waals surface area contributed by atoms with E-state index in [1.807, 2.05) is 32.0 Å². The van der Waals surface area contributed by atoms with E-state index in [0.29, 0.717) is 22.0 Å². The molecule has 1 N–H and O–H groups in total. The molecule has 1 aliphatic rings. The van der Waals surface area contributed by atoms with Gasteiger partial charge in [0.15, 0.2) is 5.13 Å². The van der Waals surface area contributed by atoms with E-state index in [0.717, 1.165) is 25.8 Å². The summed E-state index contributed by atoms with van der Waals surface area (Å²) in [7, 11) is 1.57. The van der Waals surface area contributed by atoms with Gasteiger partial charge in [-0.25, -0.2) is 4.98 Å². The van der Waals surface area contributed by atoms with Gasteiger partial charge < -0.3 is 9.84 Å². The smallest absolute Gasteiger partial charge is 0.301 e. The van der Waals surface area contributed by atoms with Crippen LogP contribution in [-0.4, -0.2) is 28.9 Å². The van der Waals surface area contributed by atoms with E-state index in [-0.39, 0.29) is 11.3 Å². The summed E-state index contributed by atoms with van der Waals surface area (Å²) in [4.78, 5) is 32.8. The molecule has 3 aromatic carbocycles. The van der Waals surface area contributed by atoms with E-state index < -0.39 is 17.7 Å². The fourth-order valence-electron chi connectivity index (χ4n) is 4.20. The number of thiazole rings is 1. The van der Waals surface area contributed by atoms with Crippen LogP contribution in [0.25, 0.3) is 16.0 Å². The number of benzene rings is 3. The van der Waals surface area contributed by atoms with Crippen LogP contribution in [0.15, 0.2) is 70.7 Å². The van der Waals surface area contributed by atoms with Crippen molar-refractivity contribution < 1.29 is 19.4 Å². The lowest BCUT2D eigenvalue weighted by Crippen LogP contribution is -2.29. The Morgan fingerprint density at radius 3 is 2.49 bits per heavy atom. The number of carbonyl (C=O) groups excluding carboxylic acids is 2. The molecule has 4 aromatic rings. The molecule has 0 saturated carbocycles. The summed E-state index contributed by atoms with van der Waals surface area (Å²) >= 11 is 4.80. The molecule has 8 heteroatoms. The van der Waals surface area contributed by atoms with Crippen LogP contribution in [-0.2, 0) is 9.59 Å². The van der Waals surface area contributed by atoms with E-state index in [1.165, 1.54) is 16.2 Å². The van der Waals surface area contributed by atoms with Crippen molar-refractivity contribution in [1.82, 2.24) is 4.98 Å². The van der Waals surface area contributed by atoms with Crippen LogP contribution in [0.1, 0.15) is 28.3 Å². The predicted molar refractivity (Wildman–Crippen MR) is 141 cm³/mol. The lowest BCUT2D eigenvalue weighted by Gasteiger charge is -2.23. The van der Waals surface area contributed by atoms with Gasteiger partial charge in [-0.05, 0) is 66.9 Å². The number of aliphatic hydroxyl groups excluding tert-OH is 1. The van der Waals surface area contributed by atoms with Gasteiger partial charge in [0.25, 0.3) is 5.78 Å². The predicted octanol–water partition coefficient (Wildman–Crippen LogP) is 6.31. The minimum absolute atomic E-state index is 0.0253. The van der Waals surface area contributed by atoms with Gasteiger partial charge in [0.2, 0.25) is 0 Å². The quantitative estimate of drug-likeness (QED) is 0.183. The number of fused-ring (bicyclic) bond motifs is 1. The summed E-state index contributed by atoms with van der Waals surface area (Å²) < 4.78 is 7.08. The highest BCUT2D eigenvalue weighted by Crippen LogP contribution is 2.44. The Morgan fingerprint density at radius 2 is 1.80 bits per heavy atom. The first kappa shape index (κ1) is 23.3. The number of anilines is 1. The van der Waals surface area contributed by atoms with Crippen molar-refractivity contribution in [3.63, 3.8) is 0 Å². The Labute approximate surface area is 214 Å². The number of amides is 1. The largest absolute Gasteiger partial charge is 0.507 e. The molecule has 0 spiro atoms. The van der Waals surface area contributed by atoms with Gasteiger partial charge in [-0.3, -0.25) is 14.5 Å². The molecule has 1 amide bonds. The molecular weight excluding hydrogens is 528 g/mol. The second kappa shape index (κ2) is 8.94. The van der Waals surface area contributed by atoms with Gasteiger partial charge >= 0.3 is 5.91 Å². The molecular formula is C27H21BrN2O4S. The van der Waals surface area contributed by atoms with Crippen molar-refractivity contribution in [2.24, 2.45) is 0 Å². The number of ether oxygens (including phenoxy) is 1. The van der Waals surface area contributed by atoms with E-state index in [4.69, 9.17) is 4.74 Å². The zero-order chi connectivity index (χ0) is 24.9. The van der Waals surface area contributed by atoms with Crippen molar-refractivity contribution >= 4 is 60.1 Å². The molecule has 35 heavy (non-hydrogen) atoms. The number of hydrogen-bond acceptors (Lipinski definition) is 6. The van der Waals surface area contributed by atoms with Gasteiger partial charge in [0.05, 0.1) is 28.9 Å². The third kappa shape index (κ3) is 4.02. The number of aliphatic hydroxyl groups is 1. The molecule has 1 unspecified atom stereocenters. The Bertz CT molecular complexity index is 1520. The number of ketones is 1. The maximum atomic E-state index is 13.4. The topological polar surface area (TPSA) is 79.7 Å². The summed E-state index contributed by atoms with van der Waals surface area (Å²) in [6.07, 6.45) is 0. The minimum Gasteiger partial charge on any atom is -0.507 e. The van der Waals surface area contributed by atoms with Crippen LogP contribution in [0.3, 0.4) is 0 Å². The summed E-state index contributed by atoms with van der Waals surface area (Å²) in [5.41, 5.74) is 3.86. The summed E-state index contributed by atoms with van der Waals surface area (Å²) in [6.45, 7) is 3.88. The maximum absolute atomic E-state index is 13.4. The highest BCUT2D eigenvalue weighted by atomic mass is 79.9. The molecule has 1 aliphatic heterocycles. The molecule has 0 bridgehead atoms. The SMILES string of the molecule is COc1ccc(C2/C(=C(\O)c3ccc(Br)c(C)c3)C(=O)C(=O)N2c2nc3ccc(C)cc3s2)cc1. The first-order chi connectivity index (χ1) is 16.8. The second-order valence-corrected chi connectivity index (χ2v) is 10.2. The van der Waals surface area contributed by atoms with Crippen LogP contribution in [0, 0.1) is 13.8 Å². The van der Waals surface area contributed by atoms with Gasteiger partial charge in [0, 0.05) is 10.0 Å². The van der Waals surface area contributed by atoms with Crippen LogP contribution in [0.4, 0.5) is 5.13 Å². The molecule has 176 valence electrons. The van der Waals surface area contributed by atoms with Gasteiger partial charge in [0.1, 0.15) is 11.5 Å². The minimum atomic E-state index is -0.841. The Hall–Kier alpha value is -3.49. The number of aromatic nitrogens is 1. The number of Topliss-reactive ketones (excluding diaryl/α,β-unsaturated/α-hetero) is 1. The molecule has 1 atom stereocenters. The number of halogens is 1. The number of carbonyl (C=O) groups is 2. The van der Waals surface area contributed by atoms with E-state index in [9.17, 15) is 14.7 Å². The van der Waals surface area contributed by atoms with Crippen LogP contribution >= 0.6 is 27.3 Å². The third-order valence-corrected chi connectivity index (χ3v) is 7.95. The van der Waals surface area contributed by atoms with E-state index in [1.54, 1.807) is 49.6 Å². The second-order valence-electron chi connectivity index (χ2n) is 8.37. The van der Waals surface area contributed by atoms with E-state index in [2.05, 4.69) is 20.9 Å². The molecule has 2 heterocycles. The summed E-state index contributed by atoms with van der Waals surface area (Å²) in [5, 5.41) is 11.7. The fourth-order valence-corrected chi connectivity index (χ4v) is 5.54. The fraction of sp³-hybridized carbons (Fsp3) is 0.148. The molecule has 1 aromatic heterocycles. The zero-order valence-electron chi connectivity index (χ0n) is 19.2. The number of methoxy groups -OCH3 is 1. The zero-order valence-corrected chi connectivity index (χ0v) is 21.6. The van der Waals surface area contributed by atoms with Crippen LogP contribution in [0.2, 0.25) is 0 Å². The Kier molecular flexibility index (Phi) is 5.94. The van der Waals surface area contributed by atoms with E-state index >= 15 is 0 Å². The number of aryl methyl sites for hydroxylation is 2. The highest BCUT2D eigenvalue weighted by Gasteiger charge is 2.48. The molecule has 0 aliphatic carbocycles. The van der Waals surface area contributed by atoms with Gasteiger partial charge in [-0.1, -0.05) is 51.5 Å². The third-order valence-electron chi connectivity index (χ3n) is 6.05. The first-order valence-corrected chi connectivity index (χ1v) is 12.5. The average Bonchev–Trinajstić information content (AvgIpc) is 3.38. The number of nitrogens with zero attached hydrogens (tertiary/aromatic N) is 2. The molecule has 6 nitrogen and oxygen atoms in total. The monoisotopic (exact) mass is 548 g/mol. The van der Waals surface area contributed by atoms with Gasteiger partial charge in [-0.2, -0.15) is 0 Å². The standard InChI is InChI=1S/C27H21BrN2O4S/c1-14-4-11-20-21(12-14)35-27(29-20)30-23(16-5-8-18(34-3)9-6-16)22(25(32)26(30)33)24(31)17-7-10-19(28)15(2)13-17/h4-13,23,31H,1-3H3/b24-22+. The number of rotatable bonds is 4. The molecule has 1 saturated heterocycles. The normalized spacial score (nSPS) is 17.4. The lowest BCUT2D eigenvalue weighted by atomic mass is 9.95.